The van der Waals surface area contributed by atoms with Gasteiger partial charge in [-0.2, -0.15) is 0 Å². The van der Waals surface area contributed by atoms with Crippen LogP contribution in [0, 0.1) is 0 Å². The van der Waals surface area contributed by atoms with Crippen molar-refractivity contribution in [3.05, 3.63) is 42.0 Å². The van der Waals surface area contributed by atoms with Gasteiger partial charge in [-0.3, -0.25) is 4.79 Å². The lowest BCUT2D eigenvalue weighted by atomic mass is 10.1. The number of allylic oxidation sites excluding steroid dienone is 3. The second-order valence-corrected chi connectivity index (χ2v) is 5.57. The van der Waals surface area contributed by atoms with Crippen LogP contribution in [0.5, 0.6) is 11.5 Å². The summed E-state index contributed by atoms with van der Waals surface area (Å²) in [4.78, 5) is 11.6. The summed E-state index contributed by atoms with van der Waals surface area (Å²) < 4.78 is 5.42. The molecule has 0 aliphatic heterocycles. The lowest BCUT2D eigenvalue weighted by molar-refractivity contribution is -0.114. The summed E-state index contributed by atoms with van der Waals surface area (Å²) >= 11 is 0. The largest absolute Gasteiger partial charge is 0.504 e. The fourth-order valence-electron chi connectivity index (χ4n) is 2.11. The van der Waals surface area contributed by atoms with Gasteiger partial charge in [-0.25, -0.2) is 0 Å². The van der Waals surface area contributed by atoms with Gasteiger partial charge in [-0.1, -0.05) is 57.4 Å². The van der Waals surface area contributed by atoms with Crippen molar-refractivity contribution >= 4 is 11.9 Å². The highest BCUT2D eigenvalue weighted by molar-refractivity contribution is 5.89. The van der Waals surface area contributed by atoms with E-state index in [1.54, 1.807) is 24.3 Å². The number of ether oxygens (including phenoxy) is 1. The highest BCUT2D eigenvalue weighted by Gasteiger charge is 2.01. The number of aromatic hydroxyl groups is 1. The average molecular weight is 316 g/mol. The number of carbonyl (C=O) groups excluding carboxylic acids is 1. The van der Waals surface area contributed by atoms with E-state index in [4.69, 9.17) is 4.74 Å². The number of ketones is 1. The summed E-state index contributed by atoms with van der Waals surface area (Å²) in [5.41, 5.74) is 0.867. The molecule has 1 rings (SSSR count). The van der Waals surface area contributed by atoms with E-state index in [1.807, 2.05) is 25.1 Å². The summed E-state index contributed by atoms with van der Waals surface area (Å²) in [5.74, 6) is 0.801. The van der Waals surface area contributed by atoms with Crippen molar-refractivity contribution in [1.29, 1.82) is 0 Å². The van der Waals surface area contributed by atoms with E-state index in [9.17, 15) is 9.90 Å². The van der Waals surface area contributed by atoms with Crippen LogP contribution in [0.4, 0.5) is 0 Å². The minimum absolute atomic E-state index is 0.136. The van der Waals surface area contributed by atoms with Crippen molar-refractivity contribution in [3.63, 3.8) is 0 Å². The van der Waals surface area contributed by atoms with Crippen LogP contribution in [0.25, 0.3) is 6.08 Å². The predicted molar refractivity (Wildman–Crippen MR) is 95.8 cm³/mol. The third kappa shape index (κ3) is 8.24. The first-order chi connectivity index (χ1) is 11.2. The molecule has 1 aromatic rings. The lowest BCUT2D eigenvalue weighted by Crippen LogP contribution is -1.95. The van der Waals surface area contributed by atoms with E-state index in [1.165, 1.54) is 12.8 Å². The molecular weight excluding hydrogens is 288 g/mol. The zero-order valence-corrected chi connectivity index (χ0v) is 14.3. The van der Waals surface area contributed by atoms with Gasteiger partial charge in [0.2, 0.25) is 0 Å². The summed E-state index contributed by atoms with van der Waals surface area (Å²) in [5, 5.41) is 9.87. The molecule has 0 unspecified atom stereocenters. The van der Waals surface area contributed by atoms with E-state index >= 15 is 0 Å². The third-order valence-electron chi connectivity index (χ3n) is 3.40. The molecule has 0 heterocycles. The molecule has 0 saturated heterocycles. The van der Waals surface area contributed by atoms with Crippen molar-refractivity contribution in [2.45, 2.75) is 52.4 Å². The molecule has 126 valence electrons. The zero-order valence-electron chi connectivity index (χ0n) is 14.3. The van der Waals surface area contributed by atoms with Crippen LogP contribution in [-0.4, -0.2) is 17.5 Å². The summed E-state index contributed by atoms with van der Waals surface area (Å²) in [6, 6.07) is 5.29. The Morgan fingerprint density at radius 1 is 1.13 bits per heavy atom. The number of unbranched alkanes of at least 4 members (excludes halogenated alkanes) is 3. The highest BCUT2D eigenvalue weighted by atomic mass is 16.5. The van der Waals surface area contributed by atoms with Gasteiger partial charge in [0, 0.05) is 6.42 Å². The van der Waals surface area contributed by atoms with Crippen molar-refractivity contribution in [2.75, 3.05) is 6.61 Å². The molecule has 0 atom stereocenters. The molecule has 0 aliphatic rings. The Morgan fingerprint density at radius 3 is 2.65 bits per heavy atom. The van der Waals surface area contributed by atoms with Crippen LogP contribution in [0.1, 0.15) is 57.9 Å². The molecule has 3 heteroatoms. The van der Waals surface area contributed by atoms with Gasteiger partial charge in [0.25, 0.3) is 0 Å². The molecule has 0 aliphatic carbocycles. The second-order valence-electron chi connectivity index (χ2n) is 5.57. The Hall–Kier alpha value is -2.03. The molecule has 0 bridgehead atoms. The van der Waals surface area contributed by atoms with Gasteiger partial charge >= 0.3 is 0 Å². The topological polar surface area (TPSA) is 46.5 Å². The second kappa shape index (κ2) is 11.5. The summed E-state index contributed by atoms with van der Waals surface area (Å²) in [7, 11) is 0. The maximum atomic E-state index is 11.6. The van der Waals surface area contributed by atoms with E-state index in [2.05, 4.69) is 6.92 Å². The van der Waals surface area contributed by atoms with Gasteiger partial charge in [0.05, 0.1) is 6.61 Å². The van der Waals surface area contributed by atoms with E-state index < -0.39 is 0 Å². The molecule has 3 nitrogen and oxygen atoms in total. The fourth-order valence-corrected chi connectivity index (χ4v) is 2.11. The smallest absolute Gasteiger partial charge is 0.160 e. The Kier molecular flexibility index (Phi) is 9.53. The van der Waals surface area contributed by atoms with Crippen molar-refractivity contribution in [3.8, 4) is 11.5 Å². The number of rotatable bonds is 11. The van der Waals surface area contributed by atoms with E-state index in [-0.39, 0.29) is 11.5 Å². The molecule has 0 aromatic heterocycles. The lowest BCUT2D eigenvalue weighted by Gasteiger charge is -2.06. The van der Waals surface area contributed by atoms with Gasteiger partial charge in [-0.05, 0) is 36.6 Å². The molecule has 0 spiro atoms. The molecule has 0 fully saturated rings. The van der Waals surface area contributed by atoms with Gasteiger partial charge in [-0.15, -0.1) is 0 Å². The first-order valence-electron chi connectivity index (χ1n) is 8.50. The quantitative estimate of drug-likeness (QED) is 0.343. The van der Waals surface area contributed by atoms with Crippen LogP contribution in [0.2, 0.25) is 0 Å². The third-order valence-corrected chi connectivity index (χ3v) is 3.40. The van der Waals surface area contributed by atoms with E-state index in [0.717, 1.165) is 24.8 Å². The number of phenols is 1. The Balaban J connectivity index is 2.43. The van der Waals surface area contributed by atoms with Crippen molar-refractivity contribution in [1.82, 2.24) is 0 Å². The van der Waals surface area contributed by atoms with Crippen LogP contribution in [0.15, 0.2) is 36.4 Å². The summed E-state index contributed by atoms with van der Waals surface area (Å²) in [6.07, 6.45) is 13.0. The molecule has 1 N–H and O–H groups in total. The Labute approximate surface area is 139 Å². The Bertz CT molecular complexity index is 530. The van der Waals surface area contributed by atoms with Crippen molar-refractivity contribution < 1.29 is 14.6 Å². The standard InChI is InChI=1S/C20H28O3/c1-3-5-6-7-11-18(21)12-9-8-10-17-13-14-20(19(22)16-17)23-15-4-2/h8-10,12-14,16,22H,3-7,11,15H2,1-2H3. The Morgan fingerprint density at radius 2 is 1.96 bits per heavy atom. The molecule has 1 aromatic carbocycles. The maximum Gasteiger partial charge on any atom is 0.160 e. The highest BCUT2D eigenvalue weighted by Crippen LogP contribution is 2.27. The van der Waals surface area contributed by atoms with E-state index in [0.29, 0.717) is 18.8 Å². The normalized spacial score (nSPS) is 11.4. The van der Waals surface area contributed by atoms with Crippen molar-refractivity contribution in [2.24, 2.45) is 0 Å². The first-order valence-corrected chi connectivity index (χ1v) is 8.50. The maximum absolute atomic E-state index is 11.6. The summed E-state index contributed by atoms with van der Waals surface area (Å²) in [6.45, 7) is 4.77. The minimum Gasteiger partial charge on any atom is -0.504 e. The molecular formula is C20H28O3. The monoisotopic (exact) mass is 316 g/mol. The van der Waals surface area contributed by atoms with Gasteiger partial charge in [0.15, 0.2) is 17.3 Å². The average Bonchev–Trinajstić information content (AvgIpc) is 2.55. The van der Waals surface area contributed by atoms with Gasteiger partial charge in [0.1, 0.15) is 0 Å². The van der Waals surface area contributed by atoms with Crippen LogP contribution in [-0.2, 0) is 4.79 Å². The molecule has 0 radical (unpaired) electrons. The van der Waals surface area contributed by atoms with Crippen LogP contribution >= 0.6 is 0 Å². The first kappa shape index (κ1) is 19.0. The predicted octanol–water partition coefficient (Wildman–Crippen LogP) is 5.29. The minimum atomic E-state index is 0.136. The number of carbonyl (C=O) groups is 1. The molecule has 0 amide bonds. The van der Waals surface area contributed by atoms with Crippen LogP contribution < -0.4 is 4.74 Å². The number of benzene rings is 1. The number of hydrogen-bond acceptors (Lipinski definition) is 3. The van der Waals surface area contributed by atoms with Gasteiger partial charge < -0.3 is 9.84 Å². The number of phenolic OH excluding ortho intramolecular Hbond substituents is 1. The van der Waals surface area contributed by atoms with Crippen LogP contribution in [0.3, 0.4) is 0 Å². The molecule has 0 saturated carbocycles. The zero-order chi connectivity index (χ0) is 16.9. The number of hydrogen-bond donors (Lipinski definition) is 1. The molecule has 23 heavy (non-hydrogen) atoms. The SMILES string of the molecule is CCCCCCC(=O)C=CC=Cc1ccc(OCCC)c(O)c1. The fraction of sp³-hybridized carbons (Fsp3) is 0.450.